The fourth-order valence-electron chi connectivity index (χ4n) is 1.31. The van der Waals surface area contributed by atoms with Crippen LogP contribution in [0.1, 0.15) is 5.56 Å². The van der Waals surface area contributed by atoms with E-state index in [1.165, 1.54) is 0 Å². The number of ether oxygens (including phenoxy) is 1. The topological polar surface area (TPSA) is 102 Å². The van der Waals surface area contributed by atoms with E-state index in [-0.39, 0.29) is 12.5 Å². The predicted octanol–water partition coefficient (Wildman–Crippen LogP) is 0.0287. The van der Waals surface area contributed by atoms with Gasteiger partial charge in [-0.1, -0.05) is 12.1 Å². The molecule has 0 fully saturated rings. The van der Waals surface area contributed by atoms with E-state index < -0.39 is 12.6 Å². The summed E-state index contributed by atoms with van der Waals surface area (Å²) >= 11 is 0. The van der Waals surface area contributed by atoms with Crippen molar-refractivity contribution in [3.05, 3.63) is 29.8 Å². The van der Waals surface area contributed by atoms with Crippen LogP contribution in [0.15, 0.2) is 24.3 Å². The predicted molar refractivity (Wildman–Crippen MR) is 66.0 cm³/mol. The summed E-state index contributed by atoms with van der Waals surface area (Å²) in [5.41, 5.74) is 7.31. The molecule has 6 heteroatoms. The monoisotopic (exact) mass is 252 g/mol. The van der Waals surface area contributed by atoms with Gasteiger partial charge in [0.25, 0.3) is 0 Å². The Bertz CT molecular complexity index is 403. The Morgan fingerprint density at radius 1 is 1.22 bits per heavy atom. The van der Waals surface area contributed by atoms with Crippen LogP contribution in [0.2, 0.25) is 0 Å². The van der Waals surface area contributed by atoms with Crippen LogP contribution in [0.25, 0.3) is 0 Å². The molecule has 6 nitrogen and oxygen atoms in total. The van der Waals surface area contributed by atoms with Gasteiger partial charge in [-0.15, -0.1) is 0 Å². The Balaban J connectivity index is 2.15. The number of carboxylic acids is 1. The van der Waals surface area contributed by atoms with Crippen molar-refractivity contribution in [2.75, 3.05) is 25.5 Å². The van der Waals surface area contributed by atoms with Crippen molar-refractivity contribution in [1.82, 2.24) is 5.32 Å². The number of nitrogens with one attached hydrogen (secondary N) is 1. The highest BCUT2D eigenvalue weighted by molar-refractivity contribution is 5.77. The van der Waals surface area contributed by atoms with E-state index in [9.17, 15) is 9.59 Å². The van der Waals surface area contributed by atoms with Crippen LogP contribution >= 0.6 is 0 Å². The second-order valence-electron chi connectivity index (χ2n) is 3.73. The first-order valence-corrected chi connectivity index (χ1v) is 5.48. The molecule has 1 aromatic carbocycles. The summed E-state index contributed by atoms with van der Waals surface area (Å²) in [6, 6.07) is 7.38. The first-order valence-electron chi connectivity index (χ1n) is 5.48. The molecule has 0 heterocycles. The third-order valence-corrected chi connectivity index (χ3v) is 2.17. The van der Waals surface area contributed by atoms with Gasteiger partial charge in [-0.05, 0) is 24.1 Å². The number of nitrogens with two attached hydrogens (primary N) is 1. The summed E-state index contributed by atoms with van der Waals surface area (Å²) in [5.74, 6) is -1.42. The molecule has 1 rings (SSSR count). The second kappa shape index (κ2) is 7.29. The molecule has 0 aliphatic rings. The van der Waals surface area contributed by atoms with E-state index in [1.54, 1.807) is 12.1 Å². The summed E-state index contributed by atoms with van der Waals surface area (Å²) in [6.45, 7) is -0.237. The Morgan fingerprint density at radius 2 is 1.89 bits per heavy atom. The molecule has 0 unspecified atom stereocenters. The number of carboxylic acid groups (broad SMARTS) is 1. The van der Waals surface area contributed by atoms with Gasteiger partial charge in [0.2, 0.25) is 5.91 Å². The lowest BCUT2D eigenvalue weighted by atomic mass is 10.1. The van der Waals surface area contributed by atoms with Gasteiger partial charge >= 0.3 is 5.97 Å². The number of aliphatic carboxylic acids is 1. The largest absolute Gasteiger partial charge is 0.480 e. The van der Waals surface area contributed by atoms with Gasteiger partial charge in [0.15, 0.2) is 0 Å². The number of nitrogen functional groups attached to an aromatic ring is 1. The zero-order valence-electron chi connectivity index (χ0n) is 9.89. The molecule has 0 aromatic heterocycles. The van der Waals surface area contributed by atoms with E-state index in [1.807, 2.05) is 12.1 Å². The number of hydrogen-bond donors (Lipinski definition) is 3. The van der Waals surface area contributed by atoms with E-state index >= 15 is 0 Å². The average molecular weight is 252 g/mol. The standard InChI is InChI=1S/C12H16N2O4/c13-10-3-1-9(2-4-10)5-6-14-11(15)7-18-8-12(16)17/h1-4H,5-8,13H2,(H,14,15)(H,16,17). The quantitative estimate of drug-likeness (QED) is 0.594. The summed E-state index contributed by atoms with van der Waals surface area (Å²) < 4.78 is 4.65. The lowest BCUT2D eigenvalue weighted by Crippen LogP contribution is -2.30. The molecule has 0 saturated heterocycles. The minimum Gasteiger partial charge on any atom is -0.480 e. The molecule has 0 atom stereocenters. The van der Waals surface area contributed by atoms with Crippen LogP contribution in [0.5, 0.6) is 0 Å². The van der Waals surface area contributed by atoms with Crippen LogP contribution in [0.4, 0.5) is 5.69 Å². The minimum atomic E-state index is -1.09. The van der Waals surface area contributed by atoms with E-state index in [0.717, 1.165) is 5.56 Å². The van der Waals surface area contributed by atoms with Gasteiger partial charge in [-0.3, -0.25) is 4.79 Å². The van der Waals surface area contributed by atoms with Crippen LogP contribution in [0.3, 0.4) is 0 Å². The van der Waals surface area contributed by atoms with Crippen molar-refractivity contribution in [3.63, 3.8) is 0 Å². The van der Waals surface area contributed by atoms with Gasteiger partial charge < -0.3 is 20.9 Å². The molecule has 1 aromatic rings. The lowest BCUT2D eigenvalue weighted by molar-refractivity contribution is -0.143. The van der Waals surface area contributed by atoms with E-state index in [2.05, 4.69) is 10.1 Å². The molecule has 0 saturated carbocycles. The highest BCUT2D eigenvalue weighted by Crippen LogP contribution is 2.05. The van der Waals surface area contributed by atoms with Crippen molar-refractivity contribution in [3.8, 4) is 0 Å². The highest BCUT2D eigenvalue weighted by atomic mass is 16.5. The second-order valence-corrected chi connectivity index (χ2v) is 3.73. The first kappa shape index (κ1) is 14.0. The van der Waals surface area contributed by atoms with Crippen LogP contribution in [-0.2, 0) is 20.7 Å². The van der Waals surface area contributed by atoms with Crippen molar-refractivity contribution in [1.29, 1.82) is 0 Å². The number of benzene rings is 1. The molecule has 1 amide bonds. The molecule has 0 bridgehead atoms. The number of hydrogen-bond acceptors (Lipinski definition) is 4. The maximum absolute atomic E-state index is 11.2. The van der Waals surface area contributed by atoms with E-state index in [0.29, 0.717) is 18.7 Å². The highest BCUT2D eigenvalue weighted by Gasteiger charge is 2.03. The minimum absolute atomic E-state index is 0.242. The van der Waals surface area contributed by atoms with Crippen molar-refractivity contribution in [2.45, 2.75) is 6.42 Å². The van der Waals surface area contributed by atoms with Gasteiger partial charge in [-0.2, -0.15) is 0 Å². The van der Waals surface area contributed by atoms with Gasteiger partial charge in [-0.25, -0.2) is 4.79 Å². The molecule has 0 aliphatic carbocycles. The number of carbonyl (C=O) groups excluding carboxylic acids is 1. The summed E-state index contributed by atoms with van der Waals surface area (Å²) in [4.78, 5) is 21.4. The van der Waals surface area contributed by atoms with Gasteiger partial charge in [0.05, 0.1) is 0 Å². The molecule has 0 aliphatic heterocycles. The van der Waals surface area contributed by atoms with Crippen molar-refractivity contribution < 1.29 is 19.4 Å². The molecular weight excluding hydrogens is 236 g/mol. The molecule has 98 valence electrons. The molecular formula is C12H16N2O4. The van der Waals surface area contributed by atoms with Gasteiger partial charge in [0.1, 0.15) is 13.2 Å². The normalized spacial score (nSPS) is 10.0. The Morgan fingerprint density at radius 3 is 2.50 bits per heavy atom. The Kier molecular flexibility index (Phi) is 5.66. The fraction of sp³-hybridized carbons (Fsp3) is 0.333. The lowest BCUT2D eigenvalue weighted by Gasteiger charge is -2.05. The average Bonchev–Trinajstić information content (AvgIpc) is 2.31. The van der Waals surface area contributed by atoms with Gasteiger partial charge in [0, 0.05) is 12.2 Å². The Labute approximate surface area is 105 Å². The Hall–Kier alpha value is -2.08. The van der Waals surface area contributed by atoms with E-state index in [4.69, 9.17) is 10.8 Å². The molecule has 0 radical (unpaired) electrons. The SMILES string of the molecule is Nc1ccc(CCNC(=O)COCC(=O)O)cc1. The number of amides is 1. The van der Waals surface area contributed by atoms with Crippen molar-refractivity contribution in [2.24, 2.45) is 0 Å². The summed E-state index contributed by atoms with van der Waals surface area (Å²) in [6.07, 6.45) is 0.685. The third-order valence-electron chi connectivity index (χ3n) is 2.17. The molecule has 0 spiro atoms. The smallest absolute Gasteiger partial charge is 0.329 e. The van der Waals surface area contributed by atoms with Crippen LogP contribution in [-0.4, -0.2) is 36.7 Å². The first-order chi connectivity index (χ1) is 8.58. The van der Waals surface area contributed by atoms with Crippen LogP contribution in [0, 0.1) is 0 Å². The summed E-state index contributed by atoms with van der Waals surface area (Å²) in [5, 5.41) is 10.9. The molecule has 18 heavy (non-hydrogen) atoms. The molecule has 4 N–H and O–H groups in total. The van der Waals surface area contributed by atoms with Crippen LogP contribution < -0.4 is 11.1 Å². The maximum atomic E-state index is 11.2. The summed E-state index contributed by atoms with van der Waals surface area (Å²) in [7, 11) is 0. The fourth-order valence-corrected chi connectivity index (χ4v) is 1.31. The number of rotatable bonds is 7. The number of carbonyl (C=O) groups is 2. The zero-order chi connectivity index (χ0) is 13.4. The third kappa shape index (κ3) is 5.86. The zero-order valence-corrected chi connectivity index (χ0v) is 9.89. The maximum Gasteiger partial charge on any atom is 0.329 e. The number of anilines is 1. The van der Waals surface area contributed by atoms with Crippen molar-refractivity contribution >= 4 is 17.6 Å².